The number of hydrogen-bond acceptors (Lipinski definition) is 3. The first-order valence-corrected chi connectivity index (χ1v) is 8.16. The van der Waals surface area contributed by atoms with E-state index in [-0.39, 0.29) is 6.10 Å². The molecule has 5 nitrogen and oxygen atoms in total. The van der Waals surface area contributed by atoms with Gasteiger partial charge in [0, 0.05) is 31.4 Å². The molecule has 0 amide bonds. The highest BCUT2D eigenvalue weighted by atomic mass is 16.5. The zero-order valence-electron chi connectivity index (χ0n) is 13.5. The highest BCUT2D eigenvalue weighted by molar-refractivity contribution is 5.78. The summed E-state index contributed by atoms with van der Waals surface area (Å²) in [5.41, 5.74) is 8.92. The molecule has 1 fully saturated rings. The average Bonchev–Trinajstić information content (AvgIpc) is 2.83. The molecule has 3 rings (SSSR count). The van der Waals surface area contributed by atoms with Gasteiger partial charge < -0.3 is 20.3 Å². The Labute approximate surface area is 132 Å². The van der Waals surface area contributed by atoms with Gasteiger partial charge in [-0.15, -0.1) is 0 Å². The SMILES string of the molecule is CC1CN(C(N)=NCCN2c3ccccc3CC2C)CCO1. The minimum atomic E-state index is 0.230. The van der Waals surface area contributed by atoms with Gasteiger partial charge in [0.05, 0.1) is 19.3 Å². The van der Waals surface area contributed by atoms with Crippen molar-refractivity contribution in [2.24, 2.45) is 10.7 Å². The van der Waals surface area contributed by atoms with Crippen LogP contribution < -0.4 is 10.6 Å². The third kappa shape index (κ3) is 3.19. The maximum atomic E-state index is 6.13. The molecule has 2 aliphatic heterocycles. The van der Waals surface area contributed by atoms with Crippen molar-refractivity contribution in [1.82, 2.24) is 4.90 Å². The molecule has 22 heavy (non-hydrogen) atoms. The summed E-state index contributed by atoms with van der Waals surface area (Å²) in [5.74, 6) is 0.648. The van der Waals surface area contributed by atoms with Crippen LogP contribution in [-0.2, 0) is 11.2 Å². The average molecular weight is 302 g/mol. The molecule has 5 heteroatoms. The Bertz CT molecular complexity index is 545. The van der Waals surface area contributed by atoms with Crippen molar-refractivity contribution in [1.29, 1.82) is 0 Å². The normalized spacial score (nSPS) is 25.5. The maximum absolute atomic E-state index is 6.13. The Morgan fingerprint density at radius 3 is 3.00 bits per heavy atom. The van der Waals surface area contributed by atoms with E-state index >= 15 is 0 Å². The predicted molar refractivity (Wildman–Crippen MR) is 90.4 cm³/mol. The Balaban J connectivity index is 1.57. The van der Waals surface area contributed by atoms with E-state index in [1.54, 1.807) is 0 Å². The quantitative estimate of drug-likeness (QED) is 0.679. The first-order valence-electron chi connectivity index (χ1n) is 8.16. The Morgan fingerprint density at radius 1 is 1.36 bits per heavy atom. The largest absolute Gasteiger partial charge is 0.375 e. The third-order valence-corrected chi connectivity index (χ3v) is 4.53. The first kappa shape index (κ1) is 15.2. The van der Waals surface area contributed by atoms with Crippen molar-refractivity contribution in [2.75, 3.05) is 37.7 Å². The van der Waals surface area contributed by atoms with Crippen LogP contribution in [0.4, 0.5) is 5.69 Å². The van der Waals surface area contributed by atoms with Gasteiger partial charge in [-0.2, -0.15) is 0 Å². The molecule has 2 heterocycles. The van der Waals surface area contributed by atoms with Crippen molar-refractivity contribution >= 4 is 11.6 Å². The molecule has 2 N–H and O–H groups in total. The highest BCUT2D eigenvalue weighted by Crippen LogP contribution is 2.31. The van der Waals surface area contributed by atoms with Gasteiger partial charge in [0.15, 0.2) is 5.96 Å². The Kier molecular flexibility index (Phi) is 4.52. The Hall–Kier alpha value is -1.75. The minimum Gasteiger partial charge on any atom is -0.375 e. The van der Waals surface area contributed by atoms with E-state index in [0.29, 0.717) is 12.0 Å². The van der Waals surface area contributed by atoms with Gasteiger partial charge in [0.2, 0.25) is 0 Å². The zero-order valence-corrected chi connectivity index (χ0v) is 13.5. The van der Waals surface area contributed by atoms with Gasteiger partial charge in [0.25, 0.3) is 0 Å². The van der Waals surface area contributed by atoms with Gasteiger partial charge >= 0.3 is 0 Å². The molecule has 0 aliphatic carbocycles. The lowest BCUT2D eigenvalue weighted by Gasteiger charge is -2.32. The summed E-state index contributed by atoms with van der Waals surface area (Å²) in [5, 5.41) is 0. The van der Waals surface area contributed by atoms with E-state index in [0.717, 1.165) is 39.2 Å². The second-order valence-corrected chi connectivity index (χ2v) is 6.24. The van der Waals surface area contributed by atoms with E-state index in [1.165, 1.54) is 11.3 Å². The number of fused-ring (bicyclic) bond motifs is 1. The van der Waals surface area contributed by atoms with Crippen molar-refractivity contribution in [2.45, 2.75) is 32.4 Å². The van der Waals surface area contributed by atoms with Crippen LogP contribution in [0, 0.1) is 0 Å². The fourth-order valence-electron chi connectivity index (χ4n) is 3.37. The van der Waals surface area contributed by atoms with Crippen LogP contribution in [0.5, 0.6) is 0 Å². The lowest BCUT2D eigenvalue weighted by molar-refractivity contribution is 0.00530. The molecule has 2 atom stereocenters. The van der Waals surface area contributed by atoms with Gasteiger partial charge in [0.1, 0.15) is 0 Å². The summed E-state index contributed by atoms with van der Waals surface area (Å²) >= 11 is 0. The molecule has 0 aromatic heterocycles. The summed E-state index contributed by atoms with van der Waals surface area (Å²) in [4.78, 5) is 9.14. The van der Waals surface area contributed by atoms with Crippen molar-refractivity contribution in [3.63, 3.8) is 0 Å². The minimum absolute atomic E-state index is 0.230. The van der Waals surface area contributed by atoms with E-state index < -0.39 is 0 Å². The first-order chi connectivity index (χ1) is 10.6. The van der Waals surface area contributed by atoms with Gasteiger partial charge in [-0.1, -0.05) is 18.2 Å². The molecule has 120 valence electrons. The number of guanidine groups is 1. The number of hydrogen-bond donors (Lipinski definition) is 1. The second-order valence-electron chi connectivity index (χ2n) is 6.24. The zero-order chi connectivity index (χ0) is 15.5. The smallest absolute Gasteiger partial charge is 0.191 e. The molecule has 1 saturated heterocycles. The number of ether oxygens (including phenoxy) is 1. The number of para-hydroxylation sites is 1. The van der Waals surface area contributed by atoms with Crippen LogP contribution in [0.15, 0.2) is 29.3 Å². The van der Waals surface area contributed by atoms with E-state index in [2.05, 4.69) is 52.9 Å². The van der Waals surface area contributed by atoms with E-state index in [4.69, 9.17) is 10.5 Å². The molecular weight excluding hydrogens is 276 g/mol. The monoisotopic (exact) mass is 302 g/mol. The van der Waals surface area contributed by atoms with Gasteiger partial charge in [-0.05, 0) is 31.9 Å². The van der Waals surface area contributed by atoms with Crippen molar-refractivity contribution in [3.05, 3.63) is 29.8 Å². The number of nitrogens with zero attached hydrogens (tertiary/aromatic N) is 3. The molecule has 0 bridgehead atoms. The van der Waals surface area contributed by atoms with E-state index in [9.17, 15) is 0 Å². The third-order valence-electron chi connectivity index (χ3n) is 4.53. The summed E-state index contributed by atoms with van der Waals surface area (Å²) < 4.78 is 5.54. The fraction of sp³-hybridized carbons (Fsp3) is 0.588. The number of aliphatic imine (C=N–C) groups is 1. The fourth-order valence-corrected chi connectivity index (χ4v) is 3.37. The van der Waals surface area contributed by atoms with Crippen LogP contribution in [-0.4, -0.2) is 55.8 Å². The van der Waals surface area contributed by atoms with Crippen molar-refractivity contribution in [3.8, 4) is 0 Å². The molecule has 2 unspecified atom stereocenters. The van der Waals surface area contributed by atoms with Crippen LogP contribution in [0.25, 0.3) is 0 Å². The number of nitrogens with two attached hydrogens (primary N) is 1. The van der Waals surface area contributed by atoms with Gasteiger partial charge in [-0.3, -0.25) is 4.99 Å². The lowest BCUT2D eigenvalue weighted by Crippen LogP contribution is -2.48. The van der Waals surface area contributed by atoms with Crippen LogP contribution >= 0.6 is 0 Å². The Morgan fingerprint density at radius 2 is 2.18 bits per heavy atom. The van der Waals surface area contributed by atoms with Crippen LogP contribution in [0.2, 0.25) is 0 Å². The number of morpholine rings is 1. The van der Waals surface area contributed by atoms with E-state index in [1.807, 2.05) is 0 Å². The summed E-state index contributed by atoms with van der Waals surface area (Å²) in [6.07, 6.45) is 1.35. The summed E-state index contributed by atoms with van der Waals surface area (Å²) in [6, 6.07) is 9.19. The number of anilines is 1. The number of rotatable bonds is 3. The topological polar surface area (TPSA) is 54.1 Å². The summed E-state index contributed by atoms with van der Waals surface area (Å²) in [7, 11) is 0. The lowest BCUT2D eigenvalue weighted by atomic mass is 10.1. The molecule has 2 aliphatic rings. The molecule has 1 aromatic carbocycles. The predicted octanol–water partition coefficient (Wildman–Crippen LogP) is 1.47. The van der Waals surface area contributed by atoms with Gasteiger partial charge in [-0.25, -0.2) is 0 Å². The summed E-state index contributed by atoms with van der Waals surface area (Å²) in [6.45, 7) is 8.39. The standard InChI is InChI=1S/C17H26N4O/c1-13-11-15-5-3-4-6-16(15)21(13)8-7-19-17(18)20-9-10-22-14(2)12-20/h3-6,13-14H,7-12H2,1-2H3,(H2,18,19). The van der Waals surface area contributed by atoms with Crippen LogP contribution in [0.3, 0.4) is 0 Å². The maximum Gasteiger partial charge on any atom is 0.191 e. The second kappa shape index (κ2) is 6.57. The van der Waals surface area contributed by atoms with Crippen LogP contribution in [0.1, 0.15) is 19.4 Å². The van der Waals surface area contributed by atoms with Crippen molar-refractivity contribution < 1.29 is 4.74 Å². The molecule has 0 radical (unpaired) electrons. The molecule has 1 aromatic rings. The molecule has 0 saturated carbocycles. The molecular formula is C17H26N4O. The highest BCUT2D eigenvalue weighted by Gasteiger charge is 2.25. The number of benzene rings is 1. The molecule has 0 spiro atoms.